The first-order valence-corrected chi connectivity index (χ1v) is 12.0. The number of carbonyl (C=O) groups is 2. The number of carboxylic acid groups (broad SMARTS) is 1. The van der Waals surface area contributed by atoms with Gasteiger partial charge in [-0.3, -0.25) is 9.59 Å². The molecular formula is C26H24F3NO5S. The maximum absolute atomic E-state index is 13.4. The lowest BCUT2D eigenvalue weighted by atomic mass is 10.1. The summed E-state index contributed by atoms with van der Waals surface area (Å²) in [6.07, 6.45) is -4.82. The molecule has 0 radical (unpaired) electrons. The van der Waals surface area contributed by atoms with Crippen molar-refractivity contribution in [2.45, 2.75) is 37.9 Å². The van der Waals surface area contributed by atoms with E-state index in [0.29, 0.717) is 16.0 Å². The molecule has 10 heteroatoms. The molecule has 1 unspecified atom stereocenters. The summed E-state index contributed by atoms with van der Waals surface area (Å²) >= 11 is 0. The molecule has 0 aliphatic carbocycles. The van der Waals surface area contributed by atoms with Crippen LogP contribution in [0, 0.1) is 0 Å². The molecule has 3 rings (SSSR count). The number of hydrogen-bond donors (Lipinski definition) is 1. The van der Waals surface area contributed by atoms with Crippen LogP contribution in [0.1, 0.15) is 40.9 Å². The van der Waals surface area contributed by atoms with E-state index < -0.39 is 28.7 Å². The van der Waals surface area contributed by atoms with Gasteiger partial charge in [-0.15, -0.1) is 0 Å². The van der Waals surface area contributed by atoms with E-state index in [-0.39, 0.29) is 42.4 Å². The second-order valence-electron chi connectivity index (χ2n) is 7.93. The van der Waals surface area contributed by atoms with Gasteiger partial charge in [-0.1, -0.05) is 31.2 Å². The lowest BCUT2D eigenvalue weighted by Gasteiger charge is -2.22. The number of alkyl halides is 3. The van der Waals surface area contributed by atoms with Crippen molar-refractivity contribution in [2.75, 3.05) is 6.54 Å². The van der Waals surface area contributed by atoms with Gasteiger partial charge in [0.15, 0.2) is 5.78 Å². The Morgan fingerprint density at radius 2 is 1.72 bits per heavy atom. The molecule has 6 nitrogen and oxygen atoms in total. The van der Waals surface area contributed by atoms with Gasteiger partial charge >= 0.3 is 12.1 Å². The molecular weight excluding hydrogens is 495 g/mol. The standard InChI is InChI=1S/C26H24F3NO5S/c1-3-30(36(34)23-10-7-19(8-11-23)17(2)31)16-20-15-21(26(27,28)29)9-12-24(20)35-22-6-4-5-18(13-22)14-25(32)33/h4-13,15H,3,14,16H2,1-2H3,(H,32,33). The van der Waals surface area contributed by atoms with Crippen LogP contribution in [0.25, 0.3) is 0 Å². The summed E-state index contributed by atoms with van der Waals surface area (Å²) < 4.78 is 60.9. The zero-order valence-corrected chi connectivity index (χ0v) is 20.4. The van der Waals surface area contributed by atoms with Crippen LogP contribution in [0.5, 0.6) is 11.5 Å². The van der Waals surface area contributed by atoms with Crippen molar-refractivity contribution < 1.29 is 36.8 Å². The molecule has 0 bridgehead atoms. The summed E-state index contributed by atoms with van der Waals surface area (Å²) in [4.78, 5) is 22.9. The van der Waals surface area contributed by atoms with Crippen molar-refractivity contribution >= 4 is 22.7 Å². The van der Waals surface area contributed by atoms with Crippen LogP contribution < -0.4 is 4.74 Å². The summed E-state index contributed by atoms with van der Waals surface area (Å²) in [5.41, 5.74) is 0.206. The highest BCUT2D eigenvalue weighted by molar-refractivity contribution is 7.82. The molecule has 36 heavy (non-hydrogen) atoms. The predicted octanol–water partition coefficient (Wildman–Crippen LogP) is 5.87. The number of halogens is 3. The molecule has 1 N–H and O–H groups in total. The summed E-state index contributed by atoms with van der Waals surface area (Å²) in [7, 11) is -1.72. The van der Waals surface area contributed by atoms with Crippen LogP contribution >= 0.6 is 0 Å². The predicted molar refractivity (Wildman–Crippen MR) is 128 cm³/mol. The van der Waals surface area contributed by atoms with Crippen LogP contribution in [-0.2, 0) is 34.9 Å². The first-order chi connectivity index (χ1) is 17.0. The number of rotatable bonds is 10. The second kappa shape index (κ2) is 11.5. The average molecular weight is 520 g/mol. The van der Waals surface area contributed by atoms with Crippen molar-refractivity contribution in [3.63, 3.8) is 0 Å². The lowest BCUT2D eigenvalue weighted by molar-refractivity contribution is -0.138. The monoisotopic (exact) mass is 519 g/mol. The number of aliphatic carboxylic acids is 1. The number of carboxylic acids is 1. The molecule has 0 saturated carbocycles. The molecule has 0 saturated heterocycles. The van der Waals surface area contributed by atoms with Gasteiger partial charge in [-0.25, -0.2) is 8.51 Å². The van der Waals surface area contributed by atoms with Gasteiger partial charge in [0, 0.05) is 24.2 Å². The fraction of sp³-hybridized carbons (Fsp3) is 0.231. The topological polar surface area (TPSA) is 83.9 Å². The number of nitrogens with zero attached hydrogens (tertiary/aromatic N) is 1. The summed E-state index contributed by atoms with van der Waals surface area (Å²) in [5.74, 6) is -0.783. The van der Waals surface area contributed by atoms with Crippen molar-refractivity contribution in [1.29, 1.82) is 0 Å². The number of Topliss-reactive ketones (excluding diaryl/α,β-unsaturated/α-hetero) is 1. The molecule has 190 valence electrons. The fourth-order valence-electron chi connectivity index (χ4n) is 3.43. The van der Waals surface area contributed by atoms with Gasteiger partial charge in [0.05, 0.1) is 16.9 Å². The zero-order valence-electron chi connectivity index (χ0n) is 19.5. The number of hydrogen-bond acceptors (Lipinski definition) is 4. The Morgan fingerprint density at radius 1 is 1.03 bits per heavy atom. The van der Waals surface area contributed by atoms with E-state index >= 15 is 0 Å². The van der Waals surface area contributed by atoms with Gasteiger partial charge in [0.2, 0.25) is 0 Å². The maximum atomic E-state index is 13.4. The van der Waals surface area contributed by atoms with E-state index in [1.54, 1.807) is 49.4 Å². The van der Waals surface area contributed by atoms with E-state index in [1.807, 2.05) is 0 Å². The summed E-state index contributed by atoms with van der Waals surface area (Å²) in [6.45, 7) is 3.28. The molecule has 3 aromatic rings. The van der Waals surface area contributed by atoms with Gasteiger partial charge in [-0.05, 0) is 55.0 Å². The zero-order chi connectivity index (χ0) is 26.5. The van der Waals surface area contributed by atoms with E-state index in [4.69, 9.17) is 9.84 Å². The van der Waals surface area contributed by atoms with Crippen molar-refractivity contribution in [1.82, 2.24) is 4.31 Å². The second-order valence-corrected chi connectivity index (χ2v) is 9.41. The van der Waals surface area contributed by atoms with E-state index in [1.165, 1.54) is 23.4 Å². The minimum Gasteiger partial charge on any atom is -0.481 e. The highest BCUT2D eigenvalue weighted by Gasteiger charge is 2.31. The quantitative estimate of drug-likeness (QED) is 0.339. The Kier molecular flexibility index (Phi) is 8.65. The number of carbonyl (C=O) groups excluding carboxylic acids is 1. The third-order valence-electron chi connectivity index (χ3n) is 5.27. The van der Waals surface area contributed by atoms with Crippen molar-refractivity contribution in [2.24, 2.45) is 0 Å². The van der Waals surface area contributed by atoms with Crippen LogP contribution in [0.15, 0.2) is 71.6 Å². The number of benzene rings is 3. The Balaban J connectivity index is 1.93. The van der Waals surface area contributed by atoms with Crippen LogP contribution in [-0.4, -0.2) is 31.9 Å². The Labute approximate surface area is 208 Å². The summed E-state index contributed by atoms with van der Waals surface area (Å²) in [5, 5.41) is 9.01. The molecule has 0 amide bonds. The van der Waals surface area contributed by atoms with Gasteiger partial charge in [0.25, 0.3) is 0 Å². The minimum absolute atomic E-state index is 0.119. The maximum Gasteiger partial charge on any atom is 0.416 e. The number of ketones is 1. The third-order valence-corrected chi connectivity index (χ3v) is 6.80. The lowest BCUT2D eigenvalue weighted by Crippen LogP contribution is -2.26. The third kappa shape index (κ3) is 7.02. The molecule has 3 aromatic carbocycles. The molecule has 1 atom stereocenters. The van der Waals surface area contributed by atoms with E-state index in [2.05, 4.69) is 0 Å². The average Bonchev–Trinajstić information content (AvgIpc) is 2.82. The van der Waals surface area contributed by atoms with E-state index in [9.17, 15) is 27.0 Å². The number of ether oxygens (including phenoxy) is 1. The minimum atomic E-state index is -4.59. The Bertz CT molecular complexity index is 1280. The fourth-order valence-corrected chi connectivity index (χ4v) is 4.59. The first-order valence-electron chi connectivity index (χ1n) is 10.9. The SMILES string of the molecule is CCN(Cc1cc(C(F)(F)F)ccc1Oc1cccc(CC(=O)O)c1)S(=O)c1ccc(C(C)=O)cc1. The van der Waals surface area contributed by atoms with Gasteiger partial charge in [-0.2, -0.15) is 13.2 Å². The molecule has 0 fully saturated rings. The first kappa shape index (κ1) is 27.1. The van der Waals surface area contributed by atoms with Gasteiger partial charge < -0.3 is 9.84 Å². The van der Waals surface area contributed by atoms with Gasteiger partial charge in [0.1, 0.15) is 22.5 Å². The van der Waals surface area contributed by atoms with Crippen LogP contribution in [0.4, 0.5) is 13.2 Å². The van der Waals surface area contributed by atoms with Crippen LogP contribution in [0.3, 0.4) is 0 Å². The highest BCUT2D eigenvalue weighted by Crippen LogP contribution is 2.35. The van der Waals surface area contributed by atoms with E-state index in [0.717, 1.165) is 12.1 Å². The molecule has 0 aliphatic heterocycles. The van der Waals surface area contributed by atoms with Crippen molar-refractivity contribution in [3.8, 4) is 11.5 Å². The smallest absolute Gasteiger partial charge is 0.416 e. The highest BCUT2D eigenvalue weighted by atomic mass is 32.2. The van der Waals surface area contributed by atoms with Crippen molar-refractivity contribution in [3.05, 3.63) is 89.0 Å². The Hall–Kier alpha value is -3.50. The summed E-state index contributed by atoms with van der Waals surface area (Å²) in [6, 6.07) is 15.5. The molecule has 0 aliphatic rings. The molecule has 0 aromatic heterocycles. The normalized spacial score (nSPS) is 12.4. The Morgan fingerprint density at radius 3 is 2.31 bits per heavy atom. The largest absolute Gasteiger partial charge is 0.481 e. The molecule has 0 heterocycles. The molecule has 0 spiro atoms. The van der Waals surface area contributed by atoms with Crippen LogP contribution in [0.2, 0.25) is 0 Å².